The number of nitrogens with zero attached hydrogens (tertiary/aromatic N) is 2. The molecule has 0 saturated carbocycles. The van der Waals surface area contributed by atoms with Crippen LogP contribution in [0.3, 0.4) is 0 Å². The number of rotatable bonds is 12. The van der Waals surface area contributed by atoms with E-state index < -0.39 is 0 Å². The van der Waals surface area contributed by atoms with Gasteiger partial charge >= 0.3 is 0 Å². The maximum Gasteiger partial charge on any atom is 0.191 e. The molecule has 1 atom stereocenters. The molecule has 1 aliphatic heterocycles. The van der Waals surface area contributed by atoms with Gasteiger partial charge in [0.2, 0.25) is 0 Å². The number of nitrogens with one attached hydrogen (secondary N) is 2. The molecule has 2 aromatic rings. The summed E-state index contributed by atoms with van der Waals surface area (Å²) < 4.78 is 11.3. The number of thiophene rings is 1. The lowest BCUT2D eigenvalue weighted by molar-refractivity contribution is 0.0186. The van der Waals surface area contributed by atoms with E-state index in [1.54, 1.807) is 0 Å². The Kier molecular flexibility index (Phi) is 10.9. The molecule has 1 saturated heterocycles. The average Bonchev–Trinajstić information content (AvgIpc) is 3.34. The minimum Gasteiger partial charge on any atom is -0.379 e. The molecule has 7 heteroatoms. The van der Waals surface area contributed by atoms with Crippen molar-refractivity contribution in [1.29, 1.82) is 0 Å². The summed E-state index contributed by atoms with van der Waals surface area (Å²) in [6, 6.07) is 15.0. The topological polar surface area (TPSA) is 58.1 Å². The van der Waals surface area contributed by atoms with Gasteiger partial charge in [0.25, 0.3) is 0 Å². The molecule has 1 aromatic heterocycles. The highest BCUT2D eigenvalue weighted by Gasteiger charge is 2.23. The molecule has 0 spiro atoms. The van der Waals surface area contributed by atoms with Crippen LogP contribution >= 0.6 is 11.3 Å². The lowest BCUT2D eigenvalue weighted by Crippen LogP contribution is -2.41. The summed E-state index contributed by atoms with van der Waals surface area (Å²) in [5.74, 6) is 0.891. The summed E-state index contributed by atoms with van der Waals surface area (Å²) in [7, 11) is 0. The monoisotopic (exact) mass is 444 g/mol. The average molecular weight is 445 g/mol. The molecule has 1 fully saturated rings. The number of hydrogen-bond acceptors (Lipinski definition) is 5. The molecule has 0 amide bonds. The van der Waals surface area contributed by atoms with Crippen molar-refractivity contribution >= 4 is 17.3 Å². The van der Waals surface area contributed by atoms with Crippen molar-refractivity contribution in [2.75, 3.05) is 52.5 Å². The van der Waals surface area contributed by atoms with Gasteiger partial charge in [-0.3, -0.25) is 9.89 Å². The highest BCUT2D eigenvalue weighted by atomic mass is 32.1. The first-order valence-electron chi connectivity index (χ1n) is 11.4. The summed E-state index contributed by atoms with van der Waals surface area (Å²) in [4.78, 5) is 8.77. The maximum absolute atomic E-state index is 5.77. The normalized spacial score (nSPS) is 16.2. The van der Waals surface area contributed by atoms with E-state index in [4.69, 9.17) is 14.5 Å². The Morgan fingerprint density at radius 1 is 1.13 bits per heavy atom. The van der Waals surface area contributed by atoms with E-state index in [0.29, 0.717) is 12.6 Å². The molecule has 6 nitrogen and oxygen atoms in total. The summed E-state index contributed by atoms with van der Waals surface area (Å²) in [6.45, 7) is 9.59. The number of guanidine groups is 1. The number of ether oxygens (including phenoxy) is 2. The third kappa shape index (κ3) is 8.61. The minimum atomic E-state index is 0.311. The van der Waals surface area contributed by atoms with Crippen LogP contribution in [0.15, 0.2) is 52.8 Å². The molecule has 3 rings (SSSR count). The Hall–Kier alpha value is -1.93. The van der Waals surface area contributed by atoms with Crippen molar-refractivity contribution < 1.29 is 9.47 Å². The predicted molar refractivity (Wildman–Crippen MR) is 129 cm³/mol. The number of aliphatic imine (C=N–C) groups is 1. The molecule has 0 bridgehead atoms. The van der Waals surface area contributed by atoms with Crippen LogP contribution in [-0.2, 0) is 16.1 Å². The van der Waals surface area contributed by atoms with Crippen LogP contribution < -0.4 is 10.6 Å². The largest absolute Gasteiger partial charge is 0.379 e. The zero-order valence-corrected chi connectivity index (χ0v) is 19.4. The highest BCUT2D eigenvalue weighted by molar-refractivity contribution is 7.10. The molecular formula is C24H36N4O2S. The highest BCUT2D eigenvalue weighted by Crippen LogP contribution is 2.26. The Labute approximate surface area is 190 Å². The van der Waals surface area contributed by atoms with E-state index in [1.807, 2.05) is 29.5 Å². The molecule has 2 N–H and O–H groups in total. The van der Waals surface area contributed by atoms with Gasteiger partial charge in [-0.15, -0.1) is 11.3 Å². The standard InChI is InChI=1S/C24H36N4O2S/c1-2-25-24(26-12-6-7-15-30-20-21-9-4-3-5-10-21)27-19-22(23-11-8-18-31-23)28-13-16-29-17-14-28/h3-5,8-11,18,22H,2,6-7,12-17,19-20H2,1H3,(H2,25,26,27). The van der Waals surface area contributed by atoms with Gasteiger partial charge in [-0.05, 0) is 36.8 Å². The second-order valence-corrected chi connectivity index (χ2v) is 8.55. The summed E-state index contributed by atoms with van der Waals surface area (Å²) >= 11 is 1.81. The van der Waals surface area contributed by atoms with Crippen molar-refractivity contribution in [3.63, 3.8) is 0 Å². The third-order valence-electron chi connectivity index (χ3n) is 5.24. The summed E-state index contributed by atoms with van der Waals surface area (Å²) in [5.41, 5.74) is 1.22. The van der Waals surface area contributed by atoms with E-state index in [0.717, 1.165) is 71.3 Å². The van der Waals surface area contributed by atoms with Crippen molar-refractivity contribution in [3.8, 4) is 0 Å². The number of morpholine rings is 1. The van der Waals surface area contributed by atoms with E-state index in [-0.39, 0.29) is 0 Å². The summed E-state index contributed by atoms with van der Waals surface area (Å²) in [6.07, 6.45) is 2.09. The van der Waals surface area contributed by atoms with Gasteiger partial charge in [0.05, 0.1) is 32.4 Å². The molecule has 170 valence electrons. The number of unbranched alkanes of at least 4 members (excludes halogenated alkanes) is 1. The predicted octanol–water partition coefficient (Wildman–Crippen LogP) is 3.67. The van der Waals surface area contributed by atoms with Gasteiger partial charge in [0.1, 0.15) is 0 Å². The zero-order valence-electron chi connectivity index (χ0n) is 18.6. The SMILES string of the molecule is CCNC(=NCC(c1cccs1)N1CCOCC1)NCCCCOCc1ccccc1. The first-order valence-corrected chi connectivity index (χ1v) is 12.2. The lowest BCUT2D eigenvalue weighted by atomic mass is 10.2. The van der Waals surface area contributed by atoms with Gasteiger partial charge in [0.15, 0.2) is 5.96 Å². The van der Waals surface area contributed by atoms with Crippen LogP contribution in [0.2, 0.25) is 0 Å². The molecule has 0 radical (unpaired) electrons. The van der Waals surface area contributed by atoms with E-state index in [1.165, 1.54) is 10.4 Å². The lowest BCUT2D eigenvalue weighted by Gasteiger charge is -2.33. The van der Waals surface area contributed by atoms with Crippen LogP contribution in [0, 0.1) is 0 Å². The first-order chi connectivity index (χ1) is 15.4. The molecule has 1 aliphatic rings. The van der Waals surface area contributed by atoms with Crippen molar-refractivity contribution in [2.24, 2.45) is 4.99 Å². The van der Waals surface area contributed by atoms with Gasteiger partial charge in [-0.1, -0.05) is 36.4 Å². The number of hydrogen-bond donors (Lipinski definition) is 2. The van der Waals surface area contributed by atoms with Gasteiger partial charge in [-0.25, -0.2) is 0 Å². The van der Waals surface area contributed by atoms with Crippen LogP contribution in [0.5, 0.6) is 0 Å². The van der Waals surface area contributed by atoms with Crippen LogP contribution in [0.25, 0.3) is 0 Å². The van der Waals surface area contributed by atoms with Gasteiger partial charge in [0, 0.05) is 37.7 Å². The molecule has 1 aromatic carbocycles. The fourth-order valence-corrected chi connectivity index (χ4v) is 4.43. The second-order valence-electron chi connectivity index (χ2n) is 7.57. The van der Waals surface area contributed by atoms with Crippen molar-refractivity contribution in [2.45, 2.75) is 32.4 Å². The molecule has 0 aliphatic carbocycles. The smallest absolute Gasteiger partial charge is 0.191 e. The molecule has 2 heterocycles. The summed E-state index contributed by atoms with van der Waals surface area (Å²) in [5, 5.41) is 9.00. The Bertz CT molecular complexity index is 733. The molecule has 31 heavy (non-hydrogen) atoms. The van der Waals surface area contributed by atoms with E-state index in [2.05, 4.69) is 52.1 Å². The van der Waals surface area contributed by atoms with Crippen LogP contribution in [0.1, 0.15) is 36.2 Å². The third-order valence-corrected chi connectivity index (χ3v) is 6.22. The van der Waals surface area contributed by atoms with Crippen molar-refractivity contribution in [1.82, 2.24) is 15.5 Å². The van der Waals surface area contributed by atoms with E-state index in [9.17, 15) is 0 Å². The van der Waals surface area contributed by atoms with Crippen LogP contribution in [-0.4, -0.2) is 63.4 Å². The van der Waals surface area contributed by atoms with Crippen molar-refractivity contribution in [3.05, 3.63) is 58.3 Å². The second kappa shape index (κ2) is 14.2. The fourth-order valence-electron chi connectivity index (χ4n) is 3.58. The zero-order chi connectivity index (χ0) is 21.6. The Morgan fingerprint density at radius 3 is 2.71 bits per heavy atom. The minimum absolute atomic E-state index is 0.311. The van der Waals surface area contributed by atoms with Crippen LogP contribution in [0.4, 0.5) is 0 Å². The van der Waals surface area contributed by atoms with Gasteiger partial charge < -0.3 is 20.1 Å². The van der Waals surface area contributed by atoms with Gasteiger partial charge in [-0.2, -0.15) is 0 Å². The Balaban J connectivity index is 1.40. The molecular weight excluding hydrogens is 408 g/mol. The quantitative estimate of drug-likeness (QED) is 0.297. The fraction of sp³-hybridized carbons (Fsp3) is 0.542. The Morgan fingerprint density at radius 2 is 1.97 bits per heavy atom. The maximum atomic E-state index is 5.77. The number of benzene rings is 1. The van der Waals surface area contributed by atoms with E-state index >= 15 is 0 Å². The first kappa shape index (κ1) is 23.7. The molecule has 1 unspecified atom stereocenters.